The Morgan fingerprint density at radius 3 is 2.50 bits per heavy atom. The molecule has 1 aliphatic carbocycles. The molecule has 0 bridgehead atoms. The molecular weight excluding hydrogens is 324 g/mol. The predicted octanol–water partition coefficient (Wildman–Crippen LogP) is 3.79. The number of hydrogen-bond donors (Lipinski definition) is 1. The van der Waals surface area contributed by atoms with Crippen LogP contribution in [0.5, 0.6) is 0 Å². The molecule has 136 valence electrons. The van der Waals surface area contributed by atoms with E-state index in [1.807, 2.05) is 55.5 Å². The Labute approximate surface area is 155 Å². The van der Waals surface area contributed by atoms with Crippen molar-refractivity contribution in [3.8, 4) is 0 Å². The van der Waals surface area contributed by atoms with E-state index in [2.05, 4.69) is 12.2 Å². The number of rotatable bonds is 6. The third-order valence-electron chi connectivity index (χ3n) is 5.07. The van der Waals surface area contributed by atoms with Crippen molar-refractivity contribution >= 4 is 17.5 Å². The Kier molecular flexibility index (Phi) is 5.40. The molecule has 0 spiro atoms. The molecule has 0 aromatic heterocycles. The summed E-state index contributed by atoms with van der Waals surface area (Å²) in [5.74, 6) is -0.405. The highest BCUT2D eigenvalue weighted by Gasteiger charge is 2.49. The zero-order valence-electron chi connectivity index (χ0n) is 15.7. The van der Waals surface area contributed by atoms with Crippen LogP contribution in [0.3, 0.4) is 0 Å². The summed E-state index contributed by atoms with van der Waals surface area (Å²) in [4.78, 5) is 26.9. The van der Waals surface area contributed by atoms with Crippen LogP contribution in [0.25, 0.3) is 0 Å². The van der Waals surface area contributed by atoms with E-state index in [0.29, 0.717) is 13.0 Å². The van der Waals surface area contributed by atoms with Crippen LogP contribution in [0, 0.1) is 18.8 Å². The van der Waals surface area contributed by atoms with E-state index >= 15 is 0 Å². The van der Waals surface area contributed by atoms with Crippen LogP contribution in [0.4, 0.5) is 5.69 Å². The van der Waals surface area contributed by atoms with Crippen LogP contribution in [0.2, 0.25) is 0 Å². The van der Waals surface area contributed by atoms with E-state index in [4.69, 9.17) is 0 Å². The first-order valence-electron chi connectivity index (χ1n) is 9.19. The molecule has 0 radical (unpaired) electrons. The van der Waals surface area contributed by atoms with Gasteiger partial charge in [-0.25, -0.2) is 0 Å². The van der Waals surface area contributed by atoms with Gasteiger partial charge in [0.25, 0.3) is 0 Å². The number of para-hydroxylation sites is 1. The number of carbonyl (C=O) groups is 2. The van der Waals surface area contributed by atoms with Gasteiger partial charge < -0.3 is 10.2 Å². The van der Waals surface area contributed by atoms with Crippen molar-refractivity contribution in [2.45, 2.75) is 33.2 Å². The molecular formula is C22H26N2O2. The van der Waals surface area contributed by atoms with Crippen molar-refractivity contribution in [2.24, 2.45) is 11.8 Å². The minimum absolute atomic E-state index is 0.0412. The number of carbonyl (C=O) groups excluding carboxylic acids is 2. The Bertz CT molecular complexity index is 801. The maximum Gasteiger partial charge on any atom is 0.228 e. The van der Waals surface area contributed by atoms with Gasteiger partial charge in [-0.1, -0.05) is 55.5 Å². The van der Waals surface area contributed by atoms with Crippen LogP contribution in [-0.2, 0) is 22.6 Å². The average molecular weight is 350 g/mol. The highest BCUT2D eigenvalue weighted by atomic mass is 16.2. The van der Waals surface area contributed by atoms with Gasteiger partial charge in [-0.3, -0.25) is 9.59 Å². The Morgan fingerprint density at radius 2 is 1.81 bits per heavy atom. The Morgan fingerprint density at radius 1 is 1.08 bits per heavy atom. The second-order valence-electron chi connectivity index (χ2n) is 7.08. The molecule has 1 fully saturated rings. The maximum absolute atomic E-state index is 12.6. The molecule has 4 heteroatoms. The number of hydrogen-bond acceptors (Lipinski definition) is 2. The summed E-state index contributed by atoms with van der Waals surface area (Å²) in [6.07, 6.45) is 1.50. The van der Waals surface area contributed by atoms with Crippen molar-refractivity contribution in [3.05, 3.63) is 65.2 Å². The fourth-order valence-electron chi connectivity index (χ4n) is 3.39. The number of anilines is 1. The summed E-state index contributed by atoms with van der Waals surface area (Å²) < 4.78 is 0. The standard InChI is InChI=1S/C22H26N2O2/c1-4-17-12-8-9-15(2)20(17)23-21(25)18-13-19(18)22(26)24(3)14-16-10-6-5-7-11-16/h5-12,18-19H,4,13-14H2,1-3H3,(H,23,25). The molecule has 0 saturated heterocycles. The van der Waals surface area contributed by atoms with Crippen molar-refractivity contribution in [1.82, 2.24) is 4.90 Å². The number of benzene rings is 2. The normalized spacial score (nSPS) is 18.3. The third kappa shape index (κ3) is 3.96. The Balaban J connectivity index is 1.59. The molecule has 26 heavy (non-hydrogen) atoms. The van der Waals surface area contributed by atoms with Crippen molar-refractivity contribution in [1.29, 1.82) is 0 Å². The lowest BCUT2D eigenvalue weighted by molar-refractivity contribution is -0.133. The zero-order valence-corrected chi connectivity index (χ0v) is 15.7. The van der Waals surface area contributed by atoms with Crippen molar-refractivity contribution in [2.75, 3.05) is 12.4 Å². The van der Waals surface area contributed by atoms with Crippen LogP contribution < -0.4 is 5.32 Å². The largest absolute Gasteiger partial charge is 0.341 e. The number of nitrogens with zero attached hydrogens (tertiary/aromatic N) is 1. The van der Waals surface area contributed by atoms with E-state index in [1.165, 1.54) is 0 Å². The lowest BCUT2D eigenvalue weighted by Gasteiger charge is -2.17. The van der Waals surface area contributed by atoms with Gasteiger partial charge in [-0.05, 0) is 36.5 Å². The minimum atomic E-state index is -0.218. The van der Waals surface area contributed by atoms with Gasteiger partial charge in [0.2, 0.25) is 11.8 Å². The van der Waals surface area contributed by atoms with Crippen LogP contribution in [0.1, 0.15) is 30.0 Å². The van der Waals surface area contributed by atoms with Crippen LogP contribution in [0.15, 0.2) is 48.5 Å². The third-order valence-corrected chi connectivity index (χ3v) is 5.07. The zero-order chi connectivity index (χ0) is 18.7. The van der Waals surface area contributed by atoms with E-state index in [9.17, 15) is 9.59 Å². The van der Waals surface area contributed by atoms with Gasteiger partial charge in [0, 0.05) is 19.3 Å². The summed E-state index contributed by atoms with van der Waals surface area (Å²) in [6.45, 7) is 4.65. The highest BCUT2D eigenvalue weighted by Crippen LogP contribution is 2.41. The number of nitrogens with one attached hydrogen (secondary N) is 1. The van der Waals surface area contributed by atoms with Crippen LogP contribution >= 0.6 is 0 Å². The Hall–Kier alpha value is -2.62. The smallest absolute Gasteiger partial charge is 0.228 e. The summed E-state index contributed by atoms with van der Waals surface area (Å²) in [5.41, 5.74) is 4.18. The SMILES string of the molecule is CCc1cccc(C)c1NC(=O)C1CC1C(=O)N(C)Cc1ccccc1. The maximum atomic E-state index is 12.6. The quantitative estimate of drug-likeness (QED) is 0.862. The van der Waals surface area contributed by atoms with Gasteiger partial charge in [0.05, 0.1) is 11.8 Å². The van der Waals surface area contributed by atoms with Crippen LogP contribution in [-0.4, -0.2) is 23.8 Å². The van der Waals surface area contributed by atoms with E-state index in [-0.39, 0.29) is 23.7 Å². The van der Waals surface area contributed by atoms with Gasteiger partial charge in [-0.15, -0.1) is 0 Å². The van der Waals surface area contributed by atoms with E-state index in [1.54, 1.807) is 11.9 Å². The molecule has 2 amide bonds. The molecule has 2 aromatic rings. The van der Waals surface area contributed by atoms with Gasteiger partial charge in [-0.2, -0.15) is 0 Å². The lowest BCUT2D eigenvalue weighted by Crippen LogP contribution is -2.29. The molecule has 4 nitrogen and oxygen atoms in total. The molecule has 2 unspecified atom stereocenters. The first-order chi connectivity index (χ1) is 12.5. The summed E-state index contributed by atoms with van der Waals surface area (Å²) in [5, 5.41) is 3.06. The second-order valence-corrected chi connectivity index (χ2v) is 7.08. The molecule has 1 saturated carbocycles. The lowest BCUT2D eigenvalue weighted by atomic mass is 10.1. The first-order valence-corrected chi connectivity index (χ1v) is 9.19. The molecule has 1 N–H and O–H groups in total. The van der Waals surface area contributed by atoms with Gasteiger partial charge in [0.15, 0.2) is 0 Å². The molecule has 2 aromatic carbocycles. The van der Waals surface area contributed by atoms with Crippen molar-refractivity contribution in [3.63, 3.8) is 0 Å². The molecule has 0 heterocycles. The second kappa shape index (κ2) is 7.73. The number of aryl methyl sites for hydroxylation is 2. The highest BCUT2D eigenvalue weighted by molar-refractivity contribution is 6.00. The van der Waals surface area contributed by atoms with Gasteiger partial charge >= 0.3 is 0 Å². The molecule has 2 atom stereocenters. The predicted molar refractivity (Wildman–Crippen MR) is 104 cm³/mol. The summed E-state index contributed by atoms with van der Waals surface area (Å²) >= 11 is 0. The average Bonchev–Trinajstić information content (AvgIpc) is 3.44. The minimum Gasteiger partial charge on any atom is -0.341 e. The fourth-order valence-corrected chi connectivity index (χ4v) is 3.39. The van der Waals surface area contributed by atoms with Gasteiger partial charge in [0.1, 0.15) is 0 Å². The van der Waals surface area contributed by atoms with E-state index < -0.39 is 0 Å². The number of amides is 2. The monoisotopic (exact) mass is 350 g/mol. The topological polar surface area (TPSA) is 49.4 Å². The summed E-state index contributed by atoms with van der Waals surface area (Å²) in [6, 6.07) is 15.9. The molecule has 1 aliphatic rings. The molecule has 3 rings (SSSR count). The van der Waals surface area contributed by atoms with Crippen molar-refractivity contribution < 1.29 is 9.59 Å². The summed E-state index contributed by atoms with van der Waals surface area (Å²) in [7, 11) is 1.80. The first kappa shape index (κ1) is 18.2. The van der Waals surface area contributed by atoms with E-state index in [0.717, 1.165) is 28.8 Å². The molecule has 0 aliphatic heterocycles. The fraction of sp³-hybridized carbons (Fsp3) is 0.364.